The minimum Gasteiger partial charge on any atom is -0.351 e. The molecule has 0 aliphatic carbocycles. The second-order valence-electron chi connectivity index (χ2n) is 8.65. The number of thiocarbonyl (C=S) groups is 1. The maximum absolute atomic E-state index is 6.15. The first-order chi connectivity index (χ1) is 16.5. The van der Waals surface area contributed by atoms with E-state index in [0.717, 1.165) is 34.2 Å². The second kappa shape index (κ2) is 9.24. The summed E-state index contributed by atoms with van der Waals surface area (Å²) in [6.07, 6.45) is 2.85. The van der Waals surface area contributed by atoms with Gasteiger partial charge in [0.15, 0.2) is 5.11 Å². The second-order valence-corrected chi connectivity index (χ2v) is 9.48. The van der Waals surface area contributed by atoms with Crippen LogP contribution in [0.25, 0.3) is 5.69 Å². The Kier molecular flexibility index (Phi) is 6.15. The van der Waals surface area contributed by atoms with Crippen molar-refractivity contribution >= 4 is 34.6 Å². The van der Waals surface area contributed by atoms with Crippen LogP contribution < -0.4 is 10.2 Å². The van der Waals surface area contributed by atoms with Gasteiger partial charge in [0.25, 0.3) is 0 Å². The van der Waals surface area contributed by atoms with Crippen LogP contribution in [0, 0.1) is 13.8 Å². The van der Waals surface area contributed by atoms with Crippen molar-refractivity contribution in [1.82, 2.24) is 14.9 Å². The van der Waals surface area contributed by atoms with Gasteiger partial charge in [0, 0.05) is 34.0 Å². The van der Waals surface area contributed by atoms with Gasteiger partial charge in [-0.1, -0.05) is 36.7 Å². The third-order valence-corrected chi connectivity index (χ3v) is 7.16. The number of anilines is 1. The predicted molar refractivity (Wildman–Crippen MR) is 144 cm³/mol. The van der Waals surface area contributed by atoms with Crippen LogP contribution in [-0.4, -0.2) is 14.7 Å². The Hall–Kier alpha value is -3.15. The van der Waals surface area contributed by atoms with Crippen molar-refractivity contribution < 1.29 is 0 Å². The van der Waals surface area contributed by atoms with Crippen molar-refractivity contribution in [2.75, 3.05) is 4.90 Å². The van der Waals surface area contributed by atoms with Gasteiger partial charge in [0.05, 0.1) is 17.8 Å². The average molecular weight is 487 g/mol. The molecule has 4 nitrogen and oxygen atoms in total. The zero-order valence-corrected chi connectivity index (χ0v) is 21.1. The van der Waals surface area contributed by atoms with Crippen LogP contribution in [0.1, 0.15) is 47.2 Å². The lowest BCUT2D eigenvalue weighted by atomic mass is 9.96. The standard InChI is InChI=1S/C28H27ClN4S/c1-4-20-8-12-23(13-9-20)33-27(26(31-28(33)34)25-7-5-6-16-30-25)24-17-18(2)32(19(24)3)22-14-10-21(29)11-15-22/h5-17,26-27H,4H2,1-3H3,(H,31,34)/t26-,27+/m1/s1. The van der Waals surface area contributed by atoms with E-state index in [-0.39, 0.29) is 12.1 Å². The number of pyridine rings is 1. The van der Waals surface area contributed by atoms with Crippen LogP contribution in [0.15, 0.2) is 79.0 Å². The lowest BCUT2D eigenvalue weighted by molar-refractivity contribution is 0.565. The third-order valence-electron chi connectivity index (χ3n) is 6.59. The van der Waals surface area contributed by atoms with E-state index < -0.39 is 0 Å². The van der Waals surface area contributed by atoms with Crippen molar-refractivity contribution in [3.05, 3.63) is 112 Å². The number of halogens is 1. The van der Waals surface area contributed by atoms with Crippen molar-refractivity contribution in [3.8, 4) is 5.69 Å². The van der Waals surface area contributed by atoms with E-state index in [4.69, 9.17) is 23.8 Å². The molecule has 0 bridgehead atoms. The Morgan fingerprint density at radius 2 is 1.68 bits per heavy atom. The zero-order chi connectivity index (χ0) is 23.8. The fraction of sp³-hybridized carbons (Fsp3) is 0.214. The van der Waals surface area contributed by atoms with E-state index in [1.807, 2.05) is 30.5 Å². The predicted octanol–water partition coefficient (Wildman–Crippen LogP) is 6.88. The molecule has 2 aromatic heterocycles. The Bertz CT molecular complexity index is 1310. The molecule has 34 heavy (non-hydrogen) atoms. The highest BCUT2D eigenvalue weighted by atomic mass is 35.5. The van der Waals surface area contributed by atoms with Gasteiger partial charge in [-0.25, -0.2) is 0 Å². The summed E-state index contributed by atoms with van der Waals surface area (Å²) in [5.41, 5.74) is 8.00. The summed E-state index contributed by atoms with van der Waals surface area (Å²) in [6.45, 7) is 6.48. The van der Waals surface area contributed by atoms with Gasteiger partial charge in [-0.3, -0.25) is 4.98 Å². The van der Waals surface area contributed by atoms with Gasteiger partial charge in [0.1, 0.15) is 0 Å². The number of rotatable bonds is 5. The van der Waals surface area contributed by atoms with Crippen LogP contribution in [0.3, 0.4) is 0 Å². The molecule has 1 fully saturated rings. The first kappa shape index (κ1) is 22.6. The van der Waals surface area contributed by atoms with Gasteiger partial charge in [0.2, 0.25) is 0 Å². The van der Waals surface area contributed by atoms with Gasteiger partial charge in [-0.15, -0.1) is 0 Å². The van der Waals surface area contributed by atoms with Crippen LogP contribution in [0.5, 0.6) is 0 Å². The molecule has 2 atom stereocenters. The molecule has 1 N–H and O–H groups in total. The molecule has 172 valence electrons. The highest BCUT2D eigenvalue weighted by Crippen LogP contribution is 2.43. The number of hydrogen-bond acceptors (Lipinski definition) is 2. The van der Waals surface area contributed by atoms with Gasteiger partial charge in [-0.05, 0) is 98.2 Å². The van der Waals surface area contributed by atoms with Crippen LogP contribution >= 0.6 is 23.8 Å². The Morgan fingerprint density at radius 3 is 2.32 bits per heavy atom. The molecule has 6 heteroatoms. The quantitative estimate of drug-likeness (QED) is 0.311. The summed E-state index contributed by atoms with van der Waals surface area (Å²) in [4.78, 5) is 6.92. The highest BCUT2D eigenvalue weighted by Gasteiger charge is 2.42. The van der Waals surface area contributed by atoms with E-state index in [1.165, 1.54) is 16.8 Å². The summed E-state index contributed by atoms with van der Waals surface area (Å²) >= 11 is 12.0. The van der Waals surface area contributed by atoms with E-state index >= 15 is 0 Å². The Labute approximate surface area is 211 Å². The molecule has 1 aliphatic rings. The topological polar surface area (TPSA) is 33.1 Å². The molecule has 1 saturated heterocycles. The molecular formula is C28H27ClN4S. The summed E-state index contributed by atoms with van der Waals surface area (Å²) in [6, 6.07) is 24.9. The maximum atomic E-state index is 6.15. The molecule has 0 unspecified atom stereocenters. The molecule has 0 amide bonds. The van der Waals surface area contributed by atoms with Gasteiger partial charge < -0.3 is 14.8 Å². The lowest BCUT2D eigenvalue weighted by Gasteiger charge is -2.28. The molecule has 0 spiro atoms. The van der Waals surface area contributed by atoms with Gasteiger partial charge in [-0.2, -0.15) is 0 Å². The number of aryl methyl sites for hydroxylation is 2. The monoisotopic (exact) mass is 486 g/mol. The number of nitrogens with one attached hydrogen (secondary N) is 1. The third kappa shape index (κ3) is 3.99. The van der Waals surface area contributed by atoms with E-state index in [0.29, 0.717) is 5.11 Å². The van der Waals surface area contributed by atoms with Crippen LogP contribution in [-0.2, 0) is 6.42 Å². The molecular weight excluding hydrogens is 460 g/mol. The van der Waals surface area contributed by atoms with Crippen molar-refractivity contribution in [2.45, 2.75) is 39.3 Å². The van der Waals surface area contributed by atoms with Crippen molar-refractivity contribution in [3.63, 3.8) is 0 Å². The first-order valence-corrected chi connectivity index (χ1v) is 12.3. The average Bonchev–Trinajstić information content (AvgIpc) is 3.35. The molecule has 0 saturated carbocycles. The summed E-state index contributed by atoms with van der Waals surface area (Å²) in [7, 11) is 0. The fourth-order valence-corrected chi connectivity index (χ4v) is 5.39. The molecule has 1 aliphatic heterocycles. The van der Waals surface area contributed by atoms with Crippen LogP contribution in [0.2, 0.25) is 5.02 Å². The van der Waals surface area contributed by atoms with Crippen molar-refractivity contribution in [1.29, 1.82) is 0 Å². The smallest absolute Gasteiger partial charge is 0.174 e. The van der Waals surface area contributed by atoms with Gasteiger partial charge >= 0.3 is 0 Å². The zero-order valence-electron chi connectivity index (χ0n) is 19.5. The summed E-state index contributed by atoms with van der Waals surface area (Å²) in [5, 5.41) is 5.01. The van der Waals surface area contributed by atoms with E-state index in [9.17, 15) is 0 Å². The van der Waals surface area contributed by atoms with E-state index in [1.54, 1.807) is 0 Å². The fourth-order valence-electron chi connectivity index (χ4n) is 4.92. The number of benzene rings is 2. The molecule has 4 aromatic rings. The normalized spacial score (nSPS) is 17.8. The number of hydrogen-bond donors (Lipinski definition) is 1. The molecule has 3 heterocycles. The first-order valence-electron chi connectivity index (χ1n) is 11.5. The summed E-state index contributed by atoms with van der Waals surface area (Å²) < 4.78 is 2.28. The minimum atomic E-state index is -0.0706. The maximum Gasteiger partial charge on any atom is 0.174 e. The summed E-state index contributed by atoms with van der Waals surface area (Å²) in [5.74, 6) is 0. The number of aromatic nitrogens is 2. The SMILES string of the molecule is CCc1ccc(N2C(=S)N[C@H](c3ccccn3)[C@@H]2c2cc(C)n(-c3ccc(Cl)cc3)c2C)cc1. The Balaban J connectivity index is 1.66. The Morgan fingerprint density at radius 1 is 0.971 bits per heavy atom. The largest absolute Gasteiger partial charge is 0.351 e. The molecule has 2 aromatic carbocycles. The van der Waals surface area contributed by atoms with E-state index in [2.05, 4.69) is 89.1 Å². The highest BCUT2D eigenvalue weighted by molar-refractivity contribution is 7.80. The molecule has 0 radical (unpaired) electrons. The van der Waals surface area contributed by atoms with Crippen LogP contribution in [0.4, 0.5) is 5.69 Å². The number of nitrogens with zero attached hydrogens (tertiary/aromatic N) is 3. The minimum absolute atomic E-state index is 0.0397. The lowest BCUT2D eigenvalue weighted by Crippen LogP contribution is -2.29. The molecule has 5 rings (SSSR count). The van der Waals surface area contributed by atoms with Crippen molar-refractivity contribution in [2.24, 2.45) is 0 Å².